The van der Waals surface area contributed by atoms with Crippen LogP contribution in [0, 0.1) is 11.7 Å². The number of carboxylic acids is 1. The van der Waals surface area contributed by atoms with E-state index >= 15 is 0 Å². The Morgan fingerprint density at radius 2 is 2.00 bits per heavy atom. The Morgan fingerprint density at radius 3 is 2.55 bits per heavy atom. The molecule has 1 aromatic rings. The van der Waals surface area contributed by atoms with E-state index in [9.17, 15) is 14.0 Å². The average molecular weight is 311 g/mol. The Balaban J connectivity index is 2.82. The molecule has 1 rings (SSSR count). The lowest BCUT2D eigenvalue weighted by atomic mass is 10.00. The lowest BCUT2D eigenvalue weighted by Gasteiger charge is -2.20. The lowest BCUT2D eigenvalue weighted by molar-refractivity contribution is -0.141. The van der Waals surface area contributed by atoms with Crippen LogP contribution < -0.4 is 5.32 Å². The maximum Gasteiger partial charge on any atom is 0.412 e. The quantitative estimate of drug-likeness (QED) is 0.866. The molecule has 22 heavy (non-hydrogen) atoms. The molecule has 0 aliphatic carbocycles. The fraction of sp³-hybridized carbons (Fsp3) is 0.500. The SMILES string of the molecule is CC(CCc1cc(F)ccc1NC(=O)OC(C)(C)C)C(=O)O. The summed E-state index contributed by atoms with van der Waals surface area (Å²) in [5, 5.41) is 11.5. The van der Waals surface area contributed by atoms with Crippen molar-refractivity contribution >= 4 is 17.7 Å². The molecule has 5 nitrogen and oxygen atoms in total. The first-order valence-corrected chi connectivity index (χ1v) is 7.09. The number of halogens is 1. The third-order valence-corrected chi connectivity index (χ3v) is 2.97. The minimum atomic E-state index is -0.905. The monoisotopic (exact) mass is 311 g/mol. The molecular weight excluding hydrogens is 289 g/mol. The number of nitrogens with one attached hydrogen (secondary N) is 1. The fourth-order valence-electron chi connectivity index (χ4n) is 1.80. The van der Waals surface area contributed by atoms with Gasteiger partial charge in [0.05, 0.1) is 5.92 Å². The highest BCUT2D eigenvalue weighted by atomic mass is 19.1. The Labute approximate surface area is 129 Å². The highest BCUT2D eigenvalue weighted by Gasteiger charge is 2.18. The van der Waals surface area contributed by atoms with Gasteiger partial charge >= 0.3 is 12.1 Å². The molecule has 122 valence electrons. The van der Waals surface area contributed by atoms with E-state index in [1.54, 1.807) is 27.7 Å². The van der Waals surface area contributed by atoms with E-state index in [2.05, 4.69) is 5.32 Å². The van der Waals surface area contributed by atoms with Crippen molar-refractivity contribution in [3.8, 4) is 0 Å². The van der Waals surface area contributed by atoms with Crippen LogP contribution in [0.5, 0.6) is 0 Å². The van der Waals surface area contributed by atoms with Crippen LogP contribution in [-0.4, -0.2) is 22.8 Å². The van der Waals surface area contributed by atoms with E-state index < -0.39 is 29.4 Å². The van der Waals surface area contributed by atoms with Gasteiger partial charge in [-0.15, -0.1) is 0 Å². The van der Waals surface area contributed by atoms with Gasteiger partial charge in [-0.3, -0.25) is 10.1 Å². The predicted octanol–water partition coefficient (Wildman–Crippen LogP) is 3.83. The zero-order valence-corrected chi connectivity index (χ0v) is 13.3. The van der Waals surface area contributed by atoms with Crippen molar-refractivity contribution in [1.82, 2.24) is 0 Å². The molecule has 0 aliphatic heterocycles. The smallest absolute Gasteiger partial charge is 0.412 e. The Morgan fingerprint density at radius 1 is 1.36 bits per heavy atom. The molecule has 1 atom stereocenters. The number of hydrogen-bond donors (Lipinski definition) is 2. The molecule has 0 aliphatic rings. The van der Waals surface area contributed by atoms with Gasteiger partial charge in [-0.05, 0) is 57.4 Å². The first-order valence-electron chi connectivity index (χ1n) is 7.09. The summed E-state index contributed by atoms with van der Waals surface area (Å²) in [7, 11) is 0. The molecule has 0 bridgehead atoms. The normalized spacial score (nSPS) is 12.6. The number of aliphatic carboxylic acids is 1. The minimum absolute atomic E-state index is 0.344. The van der Waals surface area contributed by atoms with Crippen LogP contribution in [0.25, 0.3) is 0 Å². The third kappa shape index (κ3) is 6.11. The molecule has 0 spiro atoms. The third-order valence-electron chi connectivity index (χ3n) is 2.97. The van der Waals surface area contributed by atoms with Gasteiger partial charge in [0.1, 0.15) is 11.4 Å². The molecule has 1 amide bonds. The molecule has 2 N–H and O–H groups in total. The second-order valence-electron chi connectivity index (χ2n) is 6.21. The second-order valence-corrected chi connectivity index (χ2v) is 6.21. The zero-order chi connectivity index (χ0) is 16.9. The van der Waals surface area contributed by atoms with Gasteiger partial charge in [0.2, 0.25) is 0 Å². The van der Waals surface area contributed by atoms with Crippen LogP contribution in [-0.2, 0) is 16.0 Å². The van der Waals surface area contributed by atoms with Crippen molar-refractivity contribution < 1.29 is 23.8 Å². The lowest BCUT2D eigenvalue weighted by Crippen LogP contribution is -2.27. The van der Waals surface area contributed by atoms with Gasteiger partial charge in [0.25, 0.3) is 0 Å². The van der Waals surface area contributed by atoms with Crippen molar-refractivity contribution in [2.45, 2.75) is 46.1 Å². The van der Waals surface area contributed by atoms with Crippen molar-refractivity contribution in [1.29, 1.82) is 0 Å². The summed E-state index contributed by atoms with van der Waals surface area (Å²) in [6.45, 7) is 6.81. The van der Waals surface area contributed by atoms with Gasteiger partial charge < -0.3 is 9.84 Å². The summed E-state index contributed by atoms with van der Waals surface area (Å²) in [4.78, 5) is 22.6. The first kappa shape index (κ1) is 17.9. The number of carbonyl (C=O) groups is 2. The maximum atomic E-state index is 13.4. The number of benzene rings is 1. The second kappa shape index (κ2) is 7.24. The number of carboxylic acid groups (broad SMARTS) is 1. The van der Waals surface area contributed by atoms with Crippen LogP contribution in [0.3, 0.4) is 0 Å². The molecule has 0 saturated carbocycles. The van der Waals surface area contributed by atoms with Gasteiger partial charge in [-0.1, -0.05) is 6.92 Å². The van der Waals surface area contributed by atoms with Crippen molar-refractivity contribution in [3.05, 3.63) is 29.6 Å². The molecule has 0 aromatic heterocycles. The zero-order valence-electron chi connectivity index (χ0n) is 13.3. The van der Waals surface area contributed by atoms with Gasteiger partial charge in [0.15, 0.2) is 0 Å². The number of amides is 1. The molecule has 0 saturated heterocycles. The summed E-state index contributed by atoms with van der Waals surface area (Å²) in [6.07, 6.45) is 0.0599. The molecule has 0 fully saturated rings. The molecule has 6 heteroatoms. The van der Waals surface area contributed by atoms with Crippen LogP contribution in [0.15, 0.2) is 18.2 Å². The summed E-state index contributed by atoms with van der Waals surface area (Å²) in [5.41, 5.74) is 0.328. The minimum Gasteiger partial charge on any atom is -0.481 e. The number of anilines is 1. The van der Waals surface area contributed by atoms with Gasteiger partial charge in [-0.25, -0.2) is 9.18 Å². The number of rotatable bonds is 5. The Kier molecular flexibility index (Phi) is 5.91. The predicted molar refractivity (Wildman–Crippen MR) is 81.4 cm³/mol. The number of hydrogen-bond acceptors (Lipinski definition) is 3. The van der Waals surface area contributed by atoms with E-state index in [0.717, 1.165) is 0 Å². The van der Waals surface area contributed by atoms with Crippen LogP contribution in [0.4, 0.5) is 14.9 Å². The van der Waals surface area contributed by atoms with E-state index in [1.165, 1.54) is 18.2 Å². The Bertz CT molecular complexity index is 552. The highest BCUT2D eigenvalue weighted by Crippen LogP contribution is 2.21. The van der Waals surface area contributed by atoms with Crippen molar-refractivity contribution in [2.75, 3.05) is 5.32 Å². The molecular formula is C16H22FNO4. The van der Waals surface area contributed by atoms with Crippen molar-refractivity contribution in [3.63, 3.8) is 0 Å². The number of ether oxygens (including phenoxy) is 1. The molecule has 0 heterocycles. The summed E-state index contributed by atoms with van der Waals surface area (Å²) < 4.78 is 18.5. The van der Waals surface area contributed by atoms with E-state index in [4.69, 9.17) is 9.84 Å². The number of carbonyl (C=O) groups excluding carboxylic acids is 1. The van der Waals surface area contributed by atoms with E-state index in [0.29, 0.717) is 24.1 Å². The van der Waals surface area contributed by atoms with Gasteiger partial charge in [0, 0.05) is 5.69 Å². The molecule has 1 aromatic carbocycles. The summed E-state index contributed by atoms with van der Waals surface area (Å²) in [5.74, 6) is -1.89. The van der Waals surface area contributed by atoms with Crippen molar-refractivity contribution in [2.24, 2.45) is 5.92 Å². The largest absolute Gasteiger partial charge is 0.481 e. The average Bonchev–Trinajstić information content (AvgIpc) is 2.36. The molecule has 0 radical (unpaired) electrons. The highest BCUT2D eigenvalue weighted by molar-refractivity contribution is 5.86. The van der Waals surface area contributed by atoms with Gasteiger partial charge in [-0.2, -0.15) is 0 Å². The summed E-state index contributed by atoms with van der Waals surface area (Å²) in [6, 6.07) is 3.97. The fourth-order valence-corrected chi connectivity index (χ4v) is 1.80. The Hall–Kier alpha value is -2.11. The topological polar surface area (TPSA) is 75.6 Å². The summed E-state index contributed by atoms with van der Waals surface area (Å²) >= 11 is 0. The molecule has 1 unspecified atom stereocenters. The van der Waals surface area contributed by atoms with E-state index in [-0.39, 0.29) is 0 Å². The standard InChI is InChI=1S/C16H22FNO4/c1-10(14(19)20)5-6-11-9-12(17)7-8-13(11)18-15(21)22-16(2,3)4/h7-10H,5-6H2,1-4H3,(H,18,21)(H,19,20). The first-order chi connectivity index (χ1) is 10.1. The number of aryl methyl sites for hydroxylation is 1. The maximum absolute atomic E-state index is 13.4. The van der Waals surface area contributed by atoms with Crippen LogP contribution >= 0.6 is 0 Å². The van der Waals surface area contributed by atoms with E-state index in [1.807, 2.05) is 0 Å². The van der Waals surface area contributed by atoms with Crippen LogP contribution in [0.2, 0.25) is 0 Å². The van der Waals surface area contributed by atoms with Crippen LogP contribution in [0.1, 0.15) is 39.7 Å².